The van der Waals surface area contributed by atoms with Crippen LogP contribution in [0, 0.1) is 27.7 Å². The summed E-state index contributed by atoms with van der Waals surface area (Å²) in [6.45, 7) is 8.35. The van der Waals surface area contributed by atoms with E-state index in [0.29, 0.717) is 0 Å². The molecule has 2 heterocycles. The monoisotopic (exact) mass is 240 g/mol. The number of hydrogen-bond donors (Lipinski definition) is 0. The van der Waals surface area contributed by atoms with E-state index in [-0.39, 0.29) is 0 Å². The van der Waals surface area contributed by atoms with Crippen LogP contribution in [0.4, 0.5) is 0 Å². The largest absolute Gasteiger partial charge is 0.213 e. The normalized spacial score (nSPS) is 11.3. The molecule has 0 saturated carbocycles. The van der Waals surface area contributed by atoms with Gasteiger partial charge < -0.3 is 0 Å². The summed E-state index contributed by atoms with van der Waals surface area (Å²) < 4.78 is 3.78. The molecule has 18 heavy (non-hydrogen) atoms. The molecule has 0 unspecified atom stereocenters. The Morgan fingerprint density at radius 3 is 2.28 bits per heavy atom. The van der Waals surface area contributed by atoms with Crippen LogP contribution in [0.15, 0.2) is 24.5 Å². The van der Waals surface area contributed by atoms with Gasteiger partial charge in [0.15, 0.2) is 5.65 Å². The van der Waals surface area contributed by atoms with Crippen LogP contribution in [0.1, 0.15) is 22.4 Å². The highest BCUT2D eigenvalue weighted by atomic mass is 15.4. The van der Waals surface area contributed by atoms with Crippen LogP contribution in [-0.2, 0) is 0 Å². The Kier molecular flexibility index (Phi) is 2.26. The van der Waals surface area contributed by atoms with E-state index in [1.165, 1.54) is 16.7 Å². The van der Waals surface area contributed by atoms with Gasteiger partial charge in [0.05, 0.1) is 11.4 Å². The van der Waals surface area contributed by atoms with Crippen LogP contribution >= 0.6 is 0 Å². The SMILES string of the molecule is Cc1cc(C)c(-n2ncn3nc(C)cc23)c(C)c1. The first-order valence-corrected chi connectivity index (χ1v) is 6.04. The quantitative estimate of drug-likeness (QED) is 0.655. The molecule has 92 valence electrons. The molecule has 3 rings (SSSR count). The summed E-state index contributed by atoms with van der Waals surface area (Å²) in [4.78, 5) is 0. The number of aryl methyl sites for hydroxylation is 4. The first-order chi connectivity index (χ1) is 8.56. The number of benzene rings is 1. The third kappa shape index (κ3) is 1.53. The van der Waals surface area contributed by atoms with E-state index < -0.39 is 0 Å². The predicted octanol–water partition coefficient (Wildman–Crippen LogP) is 2.75. The van der Waals surface area contributed by atoms with E-state index in [1.54, 1.807) is 6.33 Å². The maximum atomic E-state index is 4.44. The Hall–Kier alpha value is -2.10. The zero-order valence-electron chi connectivity index (χ0n) is 11.1. The van der Waals surface area contributed by atoms with Crippen molar-refractivity contribution in [3.05, 3.63) is 46.9 Å². The van der Waals surface area contributed by atoms with Crippen molar-refractivity contribution >= 4 is 5.65 Å². The zero-order chi connectivity index (χ0) is 12.9. The van der Waals surface area contributed by atoms with Crippen LogP contribution in [-0.4, -0.2) is 19.4 Å². The molecule has 0 fully saturated rings. The second kappa shape index (κ2) is 3.70. The number of fused-ring (bicyclic) bond motifs is 1. The Morgan fingerprint density at radius 1 is 0.944 bits per heavy atom. The molecule has 4 heteroatoms. The highest BCUT2D eigenvalue weighted by molar-refractivity contribution is 5.55. The fourth-order valence-corrected chi connectivity index (χ4v) is 2.58. The predicted molar refractivity (Wildman–Crippen MR) is 71.3 cm³/mol. The van der Waals surface area contributed by atoms with Gasteiger partial charge in [-0.05, 0) is 38.8 Å². The van der Waals surface area contributed by atoms with Crippen molar-refractivity contribution in [3.63, 3.8) is 0 Å². The van der Waals surface area contributed by atoms with Gasteiger partial charge in [0.1, 0.15) is 6.33 Å². The lowest BCUT2D eigenvalue weighted by atomic mass is 10.1. The number of hydrogen-bond acceptors (Lipinski definition) is 2. The van der Waals surface area contributed by atoms with Crippen molar-refractivity contribution in [3.8, 4) is 5.69 Å². The summed E-state index contributed by atoms with van der Waals surface area (Å²) in [5.41, 5.74) is 6.90. The van der Waals surface area contributed by atoms with Gasteiger partial charge in [-0.3, -0.25) is 0 Å². The van der Waals surface area contributed by atoms with E-state index in [4.69, 9.17) is 0 Å². The van der Waals surface area contributed by atoms with Gasteiger partial charge in [-0.25, -0.2) is 9.20 Å². The van der Waals surface area contributed by atoms with Crippen molar-refractivity contribution in [1.29, 1.82) is 0 Å². The second-order valence-electron chi connectivity index (χ2n) is 4.88. The summed E-state index contributed by atoms with van der Waals surface area (Å²) in [5, 5.41) is 8.80. The van der Waals surface area contributed by atoms with E-state index in [0.717, 1.165) is 17.0 Å². The van der Waals surface area contributed by atoms with Crippen LogP contribution in [0.2, 0.25) is 0 Å². The Bertz CT molecular complexity index is 710. The topological polar surface area (TPSA) is 35.1 Å². The summed E-state index contributed by atoms with van der Waals surface area (Å²) in [6.07, 6.45) is 1.75. The van der Waals surface area contributed by atoms with Crippen LogP contribution in [0.25, 0.3) is 11.3 Å². The summed E-state index contributed by atoms with van der Waals surface area (Å²) >= 11 is 0. The minimum absolute atomic E-state index is 1.00. The van der Waals surface area contributed by atoms with Gasteiger partial charge in [0.25, 0.3) is 0 Å². The van der Waals surface area contributed by atoms with Gasteiger partial charge in [-0.2, -0.15) is 10.2 Å². The first-order valence-electron chi connectivity index (χ1n) is 6.04. The summed E-state index contributed by atoms with van der Waals surface area (Å²) in [6, 6.07) is 6.42. The molecule has 0 aliphatic carbocycles. The Morgan fingerprint density at radius 2 is 1.61 bits per heavy atom. The Balaban J connectivity index is 2.32. The summed E-state index contributed by atoms with van der Waals surface area (Å²) in [5.74, 6) is 0. The minimum Gasteiger partial charge on any atom is -0.213 e. The highest BCUT2D eigenvalue weighted by Gasteiger charge is 2.12. The van der Waals surface area contributed by atoms with Gasteiger partial charge >= 0.3 is 0 Å². The molecule has 0 spiro atoms. The number of nitrogens with zero attached hydrogens (tertiary/aromatic N) is 4. The number of aromatic nitrogens is 4. The molecule has 0 atom stereocenters. The van der Waals surface area contributed by atoms with Crippen molar-refractivity contribution < 1.29 is 0 Å². The van der Waals surface area contributed by atoms with Crippen molar-refractivity contribution in [2.24, 2.45) is 0 Å². The highest BCUT2D eigenvalue weighted by Crippen LogP contribution is 2.22. The third-order valence-electron chi connectivity index (χ3n) is 3.18. The molecule has 2 aromatic heterocycles. The molecule has 0 aliphatic heterocycles. The van der Waals surface area contributed by atoms with Gasteiger partial charge in [0, 0.05) is 6.07 Å². The fourth-order valence-electron chi connectivity index (χ4n) is 2.58. The van der Waals surface area contributed by atoms with E-state index >= 15 is 0 Å². The first kappa shape index (κ1) is 11.0. The lowest BCUT2D eigenvalue weighted by Crippen LogP contribution is -2.02. The van der Waals surface area contributed by atoms with Crippen LogP contribution in [0.3, 0.4) is 0 Å². The minimum atomic E-state index is 1.00. The lowest BCUT2D eigenvalue weighted by molar-refractivity contribution is 0.888. The standard InChI is InChI=1S/C14H16N4/c1-9-5-10(2)14(11(3)6-9)18-13-7-12(4)16-17(13)8-15-18/h5-8H,1-4H3. The third-order valence-corrected chi connectivity index (χ3v) is 3.18. The average Bonchev–Trinajstić information content (AvgIpc) is 2.77. The van der Waals surface area contributed by atoms with E-state index in [9.17, 15) is 0 Å². The van der Waals surface area contributed by atoms with Crippen molar-refractivity contribution in [2.45, 2.75) is 27.7 Å². The molecule has 1 aromatic carbocycles. The van der Waals surface area contributed by atoms with Crippen LogP contribution in [0.5, 0.6) is 0 Å². The van der Waals surface area contributed by atoms with Gasteiger partial charge in [-0.1, -0.05) is 17.7 Å². The number of rotatable bonds is 1. The maximum absolute atomic E-state index is 4.44. The molecule has 0 saturated heterocycles. The molecular weight excluding hydrogens is 224 g/mol. The smallest absolute Gasteiger partial charge is 0.159 e. The van der Waals surface area contributed by atoms with E-state index in [2.05, 4.69) is 43.1 Å². The average molecular weight is 240 g/mol. The lowest BCUT2D eigenvalue weighted by Gasteiger charge is -2.11. The van der Waals surface area contributed by atoms with E-state index in [1.807, 2.05) is 22.2 Å². The maximum Gasteiger partial charge on any atom is 0.159 e. The molecule has 0 N–H and O–H groups in total. The summed E-state index contributed by atoms with van der Waals surface area (Å²) in [7, 11) is 0. The Labute approximate surface area is 106 Å². The van der Waals surface area contributed by atoms with Gasteiger partial charge in [-0.15, -0.1) is 0 Å². The molecule has 3 aromatic rings. The molecule has 0 bridgehead atoms. The zero-order valence-corrected chi connectivity index (χ0v) is 11.1. The fraction of sp³-hybridized carbons (Fsp3) is 0.286. The van der Waals surface area contributed by atoms with Crippen molar-refractivity contribution in [1.82, 2.24) is 19.4 Å². The van der Waals surface area contributed by atoms with Crippen molar-refractivity contribution in [2.75, 3.05) is 0 Å². The van der Waals surface area contributed by atoms with Crippen LogP contribution < -0.4 is 0 Å². The molecule has 4 nitrogen and oxygen atoms in total. The molecule has 0 amide bonds. The molecular formula is C14H16N4. The molecule has 0 aliphatic rings. The molecule has 0 radical (unpaired) electrons. The second-order valence-corrected chi connectivity index (χ2v) is 4.88. The van der Waals surface area contributed by atoms with Gasteiger partial charge in [0.2, 0.25) is 0 Å².